The molecule has 4 nitrogen and oxygen atoms in total. The number of nitrogens with zero attached hydrogens (tertiary/aromatic N) is 2. The molecule has 1 fully saturated rings. The maximum atomic E-state index is 12.7. The zero-order valence-corrected chi connectivity index (χ0v) is 14.2. The minimum Gasteiger partial charge on any atom is -0.383 e. The molecule has 1 amide bonds. The van der Waals surface area contributed by atoms with Gasteiger partial charge in [0.25, 0.3) is 0 Å². The molecule has 1 aromatic rings. The first-order chi connectivity index (χ1) is 10.6. The standard InChI is InChI=1S/C17H25ClN2O2/c1-14(15-5-3-6-16(18)13-15)17(21)20-8-4-7-19(9-10-20)11-12-22-2/h3,5-6,13-14H,4,7-12H2,1-2H3/t14-/m0/s1. The minimum atomic E-state index is -0.149. The molecule has 0 saturated carbocycles. The van der Waals surface area contributed by atoms with Crippen LogP contribution in [-0.2, 0) is 9.53 Å². The Kier molecular flexibility index (Phi) is 6.68. The molecule has 0 N–H and O–H groups in total. The van der Waals surface area contributed by atoms with E-state index in [2.05, 4.69) is 4.90 Å². The predicted molar refractivity (Wildman–Crippen MR) is 89.4 cm³/mol. The van der Waals surface area contributed by atoms with E-state index in [1.165, 1.54) is 0 Å². The number of rotatable bonds is 5. The molecule has 122 valence electrons. The molecule has 0 spiro atoms. The van der Waals surface area contributed by atoms with Crippen molar-refractivity contribution in [1.29, 1.82) is 0 Å². The van der Waals surface area contributed by atoms with Gasteiger partial charge in [-0.1, -0.05) is 23.7 Å². The number of benzene rings is 1. The molecule has 0 aromatic heterocycles. The van der Waals surface area contributed by atoms with E-state index in [9.17, 15) is 4.79 Å². The highest BCUT2D eigenvalue weighted by Crippen LogP contribution is 2.22. The van der Waals surface area contributed by atoms with Crippen LogP contribution in [0.5, 0.6) is 0 Å². The van der Waals surface area contributed by atoms with Gasteiger partial charge < -0.3 is 9.64 Å². The molecule has 22 heavy (non-hydrogen) atoms. The molecular weight excluding hydrogens is 300 g/mol. The van der Waals surface area contributed by atoms with Crippen LogP contribution in [-0.4, -0.2) is 62.1 Å². The first kappa shape index (κ1) is 17.3. The average Bonchev–Trinajstić information content (AvgIpc) is 2.77. The zero-order chi connectivity index (χ0) is 15.9. The molecule has 1 aliphatic rings. The van der Waals surface area contributed by atoms with Gasteiger partial charge in [-0.05, 0) is 37.6 Å². The lowest BCUT2D eigenvalue weighted by atomic mass is 9.99. The molecule has 2 rings (SSSR count). The number of hydrogen-bond acceptors (Lipinski definition) is 3. The number of halogens is 1. The topological polar surface area (TPSA) is 32.8 Å². The molecule has 0 radical (unpaired) electrons. The summed E-state index contributed by atoms with van der Waals surface area (Å²) in [5.74, 6) is 0.0417. The first-order valence-electron chi connectivity index (χ1n) is 7.87. The Morgan fingerprint density at radius 3 is 2.86 bits per heavy atom. The van der Waals surface area contributed by atoms with Gasteiger partial charge in [0.1, 0.15) is 0 Å². The molecule has 1 aromatic carbocycles. The Morgan fingerprint density at radius 1 is 1.32 bits per heavy atom. The van der Waals surface area contributed by atoms with Crippen LogP contribution in [0.3, 0.4) is 0 Å². The van der Waals surface area contributed by atoms with E-state index < -0.39 is 0 Å². The second-order valence-corrected chi connectivity index (χ2v) is 6.23. The van der Waals surface area contributed by atoms with Crippen molar-refractivity contribution in [2.75, 3.05) is 46.4 Å². The maximum Gasteiger partial charge on any atom is 0.229 e. The van der Waals surface area contributed by atoms with E-state index >= 15 is 0 Å². The summed E-state index contributed by atoms with van der Waals surface area (Å²) in [6.07, 6.45) is 1.01. The molecular formula is C17H25ClN2O2. The lowest BCUT2D eigenvalue weighted by Gasteiger charge is -2.25. The molecule has 0 unspecified atom stereocenters. The monoisotopic (exact) mass is 324 g/mol. The highest BCUT2D eigenvalue weighted by atomic mass is 35.5. The minimum absolute atomic E-state index is 0.149. The Bertz CT molecular complexity index is 495. The van der Waals surface area contributed by atoms with Crippen LogP contribution in [0.1, 0.15) is 24.8 Å². The lowest BCUT2D eigenvalue weighted by molar-refractivity contribution is -0.132. The van der Waals surface area contributed by atoms with E-state index in [-0.39, 0.29) is 11.8 Å². The van der Waals surface area contributed by atoms with Crippen molar-refractivity contribution in [2.24, 2.45) is 0 Å². The van der Waals surface area contributed by atoms with E-state index in [0.717, 1.165) is 51.3 Å². The molecule has 0 bridgehead atoms. The summed E-state index contributed by atoms with van der Waals surface area (Å²) in [7, 11) is 1.72. The fraction of sp³-hybridized carbons (Fsp3) is 0.588. The third-order valence-corrected chi connectivity index (χ3v) is 4.47. The fourth-order valence-corrected chi connectivity index (χ4v) is 3.03. The number of ether oxygens (including phenoxy) is 1. The highest BCUT2D eigenvalue weighted by Gasteiger charge is 2.24. The third kappa shape index (κ3) is 4.70. The summed E-state index contributed by atoms with van der Waals surface area (Å²) in [5, 5.41) is 0.679. The van der Waals surface area contributed by atoms with E-state index in [1.54, 1.807) is 7.11 Å². The fourth-order valence-electron chi connectivity index (χ4n) is 2.83. The van der Waals surface area contributed by atoms with Crippen LogP contribution in [0.15, 0.2) is 24.3 Å². The second kappa shape index (κ2) is 8.51. The maximum absolute atomic E-state index is 12.7. The summed E-state index contributed by atoms with van der Waals surface area (Å²) in [4.78, 5) is 17.1. The molecule has 1 atom stereocenters. The predicted octanol–water partition coefficient (Wildman–Crippen LogP) is 2.62. The van der Waals surface area contributed by atoms with E-state index in [4.69, 9.17) is 16.3 Å². The van der Waals surface area contributed by atoms with Crippen molar-refractivity contribution >= 4 is 17.5 Å². The Hall–Kier alpha value is -1.10. The van der Waals surface area contributed by atoms with Crippen LogP contribution in [0.2, 0.25) is 5.02 Å². The lowest BCUT2D eigenvalue weighted by Crippen LogP contribution is -2.38. The smallest absolute Gasteiger partial charge is 0.229 e. The molecule has 1 aliphatic heterocycles. The molecule has 1 saturated heterocycles. The van der Waals surface area contributed by atoms with E-state index in [0.29, 0.717) is 5.02 Å². The number of carbonyl (C=O) groups is 1. The first-order valence-corrected chi connectivity index (χ1v) is 8.25. The quantitative estimate of drug-likeness (QED) is 0.834. The Morgan fingerprint density at radius 2 is 2.14 bits per heavy atom. The zero-order valence-electron chi connectivity index (χ0n) is 13.4. The highest BCUT2D eigenvalue weighted by molar-refractivity contribution is 6.30. The number of carbonyl (C=O) groups excluding carboxylic acids is 1. The van der Waals surface area contributed by atoms with Gasteiger partial charge in [0.2, 0.25) is 5.91 Å². The average molecular weight is 325 g/mol. The summed E-state index contributed by atoms with van der Waals surface area (Å²) in [6.45, 7) is 7.19. The van der Waals surface area contributed by atoms with Crippen molar-refractivity contribution in [3.63, 3.8) is 0 Å². The largest absolute Gasteiger partial charge is 0.383 e. The van der Waals surface area contributed by atoms with Crippen LogP contribution >= 0.6 is 11.6 Å². The summed E-state index contributed by atoms with van der Waals surface area (Å²) < 4.78 is 5.13. The van der Waals surface area contributed by atoms with Crippen molar-refractivity contribution in [2.45, 2.75) is 19.3 Å². The van der Waals surface area contributed by atoms with Gasteiger partial charge in [0, 0.05) is 38.3 Å². The van der Waals surface area contributed by atoms with Gasteiger partial charge in [0.15, 0.2) is 0 Å². The van der Waals surface area contributed by atoms with Gasteiger partial charge in [-0.3, -0.25) is 9.69 Å². The van der Waals surface area contributed by atoms with Crippen LogP contribution < -0.4 is 0 Å². The van der Waals surface area contributed by atoms with E-state index in [1.807, 2.05) is 36.1 Å². The van der Waals surface area contributed by atoms with Crippen molar-refractivity contribution in [3.05, 3.63) is 34.9 Å². The second-order valence-electron chi connectivity index (χ2n) is 5.79. The molecule has 0 aliphatic carbocycles. The van der Waals surface area contributed by atoms with Crippen LogP contribution in [0.25, 0.3) is 0 Å². The Balaban J connectivity index is 1.94. The van der Waals surface area contributed by atoms with Gasteiger partial charge in [-0.2, -0.15) is 0 Å². The van der Waals surface area contributed by atoms with Gasteiger partial charge in [-0.15, -0.1) is 0 Å². The van der Waals surface area contributed by atoms with Crippen LogP contribution in [0, 0.1) is 0 Å². The van der Waals surface area contributed by atoms with Crippen molar-refractivity contribution < 1.29 is 9.53 Å². The van der Waals surface area contributed by atoms with Crippen LogP contribution in [0.4, 0.5) is 0 Å². The SMILES string of the molecule is COCCN1CCCN(C(=O)[C@@H](C)c2cccc(Cl)c2)CC1. The van der Waals surface area contributed by atoms with Crippen molar-refractivity contribution in [1.82, 2.24) is 9.80 Å². The summed E-state index contributed by atoms with van der Waals surface area (Å²) >= 11 is 6.03. The molecule has 5 heteroatoms. The Labute approximate surface area is 138 Å². The number of hydrogen-bond donors (Lipinski definition) is 0. The molecule has 1 heterocycles. The van der Waals surface area contributed by atoms with Gasteiger partial charge >= 0.3 is 0 Å². The number of amides is 1. The summed E-state index contributed by atoms with van der Waals surface area (Å²) in [6, 6.07) is 7.59. The summed E-state index contributed by atoms with van der Waals surface area (Å²) in [5.41, 5.74) is 0.984. The van der Waals surface area contributed by atoms with Gasteiger partial charge in [0.05, 0.1) is 12.5 Å². The number of methoxy groups -OCH3 is 1. The van der Waals surface area contributed by atoms with Crippen molar-refractivity contribution in [3.8, 4) is 0 Å². The third-order valence-electron chi connectivity index (χ3n) is 4.23. The normalized spacial score (nSPS) is 18.0. The van der Waals surface area contributed by atoms with Gasteiger partial charge in [-0.25, -0.2) is 0 Å².